The zero-order valence-corrected chi connectivity index (χ0v) is 24.0. The molecular weight excluding hydrogens is 514 g/mol. The highest BCUT2D eigenvalue weighted by Crippen LogP contribution is 2.32. The molecular formula is C31H41NO8. The van der Waals surface area contributed by atoms with E-state index in [1.807, 2.05) is 27.7 Å². The summed E-state index contributed by atoms with van der Waals surface area (Å²) in [6, 6.07) is 12.9. The number of esters is 3. The van der Waals surface area contributed by atoms with Crippen molar-refractivity contribution >= 4 is 23.9 Å². The summed E-state index contributed by atoms with van der Waals surface area (Å²) in [6.45, 7) is 9.54. The van der Waals surface area contributed by atoms with Gasteiger partial charge in [0.25, 0.3) is 0 Å². The molecule has 0 heterocycles. The molecule has 0 saturated carbocycles. The lowest BCUT2D eigenvalue weighted by atomic mass is 9.86. The number of hydrogen-bond donors (Lipinski definition) is 2. The smallest absolute Gasteiger partial charge is 0.338 e. The Morgan fingerprint density at radius 2 is 1.38 bits per heavy atom. The minimum absolute atomic E-state index is 0.0143. The minimum Gasteiger partial charge on any atom is -0.480 e. The molecule has 9 heteroatoms. The fourth-order valence-electron chi connectivity index (χ4n) is 3.97. The summed E-state index contributed by atoms with van der Waals surface area (Å²) in [5, 5.41) is 9.99. The van der Waals surface area contributed by atoms with Gasteiger partial charge in [0, 0.05) is 25.7 Å². The molecule has 2 aromatic rings. The van der Waals surface area contributed by atoms with E-state index in [1.54, 1.807) is 43.3 Å². The second-order valence-electron chi connectivity index (χ2n) is 11.0. The van der Waals surface area contributed by atoms with Crippen molar-refractivity contribution in [3.63, 3.8) is 0 Å². The Bertz CT molecular complexity index is 1160. The fraction of sp³-hybridized carbons (Fsp3) is 0.484. The van der Waals surface area contributed by atoms with Crippen LogP contribution >= 0.6 is 0 Å². The van der Waals surface area contributed by atoms with Crippen molar-refractivity contribution in [2.24, 2.45) is 17.6 Å². The minimum atomic E-state index is -1.80. The van der Waals surface area contributed by atoms with Crippen molar-refractivity contribution in [2.45, 2.75) is 84.8 Å². The normalized spacial score (nSPS) is 13.4. The first-order valence-corrected chi connectivity index (χ1v) is 13.6. The summed E-state index contributed by atoms with van der Waals surface area (Å²) in [4.78, 5) is 49.6. The van der Waals surface area contributed by atoms with Crippen molar-refractivity contribution in [1.29, 1.82) is 0 Å². The van der Waals surface area contributed by atoms with Gasteiger partial charge in [-0.1, -0.05) is 52.0 Å². The van der Waals surface area contributed by atoms with Crippen LogP contribution in [-0.4, -0.2) is 40.6 Å². The van der Waals surface area contributed by atoms with Crippen molar-refractivity contribution < 1.29 is 38.5 Å². The van der Waals surface area contributed by atoms with Gasteiger partial charge >= 0.3 is 23.9 Å². The van der Waals surface area contributed by atoms with Crippen molar-refractivity contribution in [2.75, 3.05) is 0 Å². The molecule has 0 aromatic heterocycles. The first kappa shape index (κ1) is 32.5. The second-order valence-corrected chi connectivity index (χ2v) is 11.0. The lowest BCUT2D eigenvalue weighted by molar-refractivity contribution is -0.144. The topological polar surface area (TPSA) is 142 Å². The molecule has 0 aliphatic carbocycles. The van der Waals surface area contributed by atoms with Gasteiger partial charge in [-0.3, -0.25) is 14.4 Å². The van der Waals surface area contributed by atoms with Crippen LogP contribution in [0.2, 0.25) is 0 Å². The molecule has 0 aliphatic heterocycles. The molecule has 9 nitrogen and oxygen atoms in total. The predicted octanol–water partition coefficient (Wildman–Crippen LogP) is 5.33. The highest BCUT2D eigenvalue weighted by molar-refractivity contribution is 5.89. The molecule has 0 amide bonds. The molecule has 2 rings (SSSR count). The maximum atomic E-state index is 12.5. The SMILES string of the molecule is CC(C)CCC(=O)Oc1ccc(CC(N)(C[C@H](C)OC(=O)c2ccccc2)C(=O)O)cc1OC(=O)CCC(C)C. The first-order valence-electron chi connectivity index (χ1n) is 13.6. The molecule has 40 heavy (non-hydrogen) atoms. The third-order valence-electron chi connectivity index (χ3n) is 6.22. The van der Waals surface area contributed by atoms with Crippen LogP contribution in [-0.2, 0) is 25.5 Å². The number of benzene rings is 2. The number of carboxylic acids is 1. The van der Waals surface area contributed by atoms with Crippen LogP contribution in [0.3, 0.4) is 0 Å². The Hall–Kier alpha value is -3.72. The van der Waals surface area contributed by atoms with Gasteiger partial charge in [-0.15, -0.1) is 0 Å². The van der Waals surface area contributed by atoms with Gasteiger partial charge in [-0.2, -0.15) is 0 Å². The van der Waals surface area contributed by atoms with E-state index in [4.69, 9.17) is 19.9 Å². The van der Waals surface area contributed by atoms with E-state index in [2.05, 4.69) is 0 Å². The van der Waals surface area contributed by atoms with Crippen LogP contribution in [0.1, 0.15) is 82.6 Å². The molecule has 0 fully saturated rings. The van der Waals surface area contributed by atoms with Crippen LogP contribution < -0.4 is 15.2 Å². The van der Waals surface area contributed by atoms with Crippen molar-refractivity contribution in [3.05, 3.63) is 59.7 Å². The number of carbonyl (C=O) groups excluding carboxylic acids is 3. The lowest BCUT2D eigenvalue weighted by Gasteiger charge is -2.28. The van der Waals surface area contributed by atoms with Crippen LogP contribution in [0.25, 0.3) is 0 Å². The monoisotopic (exact) mass is 555 g/mol. The Morgan fingerprint density at radius 1 is 0.825 bits per heavy atom. The number of nitrogens with two attached hydrogens (primary N) is 1. The second kappa shape index (κ2) is 15.2. The van der Waals surface area contributed by atoms with Crippen LogP contribution in [0.5, 0.6) is 11.5 Å². The van der Waals surface area contributed by atoms with E-state index in [0.717, 1.165) is 0 Å². The fourth-order valence-corrected chi connectivity index (χ4v) is 3.97. The van der Waals surface area contributed by atoms with Crippen LogP contribution in [0, 0.1) is 11.8 Å². The Kier molecular flexibility index (Phi) is 12.3. The third-order valence-corrected chi connectivity index (χ3v) is 6.22. The quantitative estimate of drug-likeness (QED) is 0.220. The molecule has 0 aliphatic rings. The summed E-state index contributed by atoms with van der Waals surface area (Å²) in [5.74, 6) is -2.14. The van der Waals surface area contributed by atoms with Gasteiger partial charge in [-0.25, -0.2) is 4.79 Å². The standard InChI is InChI=1S/C31H41NO8/c1-20(2)11-15-27(33)39-25-14-13-23(17-26(25)40-28(34)16-12-21(3)4)19-31(32,30(36)37)18-22(5)38-29(35)24-9-7-6-8-10-24/h6-10,13-14,17,20-22H,11-12,15-16,18-19,32H2,1-5H3,(H,36,37)/t22-,31?/m0/s1. The number of carbonyl (C=O) groups is 4. The van der Waals surface area contributed by atoms with Crippen molar-refractivity contribution in [3.8, 4) is 11.5 Å². The van der Waals surface area contributed by atoms with Gasteiger partial charge in [0.05, 0.1) is 5.56 Å². The molecule has 2 aromatic carbocycles. The van der Waals surface area contributed by atoms with Gasteiger partial charge in [0.1, 0.15) is 11.6 Å². The lowest BCUT2D eigenvalue weighted by Crippen LogP contribution is -2.52. The average Bonchev–Trinajstić information content (AvgIpc) is 2.88. The number of rotatable bonds is 15. The molecule has 0 saturated heterocycles. The predicted molar refractivity (Wildman–Crippen MR) is 150 cm³/mol. The third kappa shape index (κ3) is 10.8. The largest absolute Gasteiger partial charge is 0.480 e. The maximum Gasteiger partial charge on any atom is 0.338 e. The summed E-state index contributed by atoms with van der Waals surface area (Å²) >= 11 is 0. The van der Waals surface area contributed by atoms with E-state index in [9.17, 15) is 24.3 Å². The van der Waals surface area contributed by atoms with E-state index in [-0.39, 0.29) is 37.2 Å². The molecule has 2 atom stereocenters. The zero-order valence-electron chi connectivity index (χ0n) is 24.0. The van der Waals surface area contributed by atoms with Gasteiger partial charge in [-0.05, 0) is 61.4 Å². The van der Waals surface area contributed by atoms with E-state index in [0.29, 0.717) is 35.8 Å². The average molecular weight is 556 g/mol. The molecule has 0 bridgehead atoms. The molecule has 3 N–H and O–H groups in total. The van der Waals surface area contributed by atoms with Crippen molar-refractivity contribution in [1.82, 2.24) is 0 Å². The van der Waals surface area contributed by atoms with Crippen LogP contribution in [0.15, 0.2) is 48.5 Å². The molecule has 1 unspecified atom stereocenters. The van der Waals surface area contributed by atoms with Crippen LogP contribution in [0.4, 0.5) is 0 Å². The Morgan fingerprint density at radius 3 is 1.90 bits per heavy atom. The Balaban J connectivity index is 2.24. The molecule has 0 spiro atoms. The van der Waals surface area contributed by atoms with E-state index < -0.39 is 35.5 Å². The Labute approximate surface area is 236 Å². The number of hydrogen-bond acceptors (Lipinski definition) is 8. The van der Waals surface area contributed by atoms with Gasteiger partial charge < -0.3 is 25.1 Å². The molecule has 0 radical (unpaired) electrons. The van der Waals surface area contributed by atoms with E-state index >= 15 is 0 Å². The first-order chi connectivity index (χ1) is 18.8. The summed E-state index contributed by atoms with van der Waals surface area (Å²) in [6.07, 6.45) is 0.495. The van der Waals surface area contributed by atoms with Gasteiger partial charge in [0.2, 0.25) is 0 Å². The number of ether oxygens (including phenoxy) is 3. The highest BCUT2D eigenvalue weighted by atomic mass is 16.6. The summed E-state index contributed by atoms with van der Waals surface area (Å²) in [5.41, 5.74) is 5.31. The number of carboxylic acid groups (broad SMARTS) is 1. The maximum absolute atomic E-state index is 12.5. The summed E-state index contributed by atoms with van der Waals surface area (Å²) in [7, 11) is 0. The molecule has 218 valence electrons. The highest BCUT2D eigenvalue weighted by Gasteiger charge is 2.37. The number of aliphatic carboxylic acids is 1. The van der Waals surface area contributed by atoms with Gasteiger partial charge in [0.15, 0.2) is 11.5 Å². The summed E-state index contributed by atoms with van der Waals surface area (Å²) < 4.78 is 16.5. The zero-order chi connectivity index (χ0) is 29.9. The van der Waals surface area contributed by atoms with E-state index in [1.165, 1.54) is 12.1 Å².